The predicted octanol–water partition coefficient (Wildman–Crippen LogP) is 4.88. The average molecular weight is 408 g/mol. The Morgan fingerprint density at radius 2 is 1.80 bits per heavy atom. The lowest BCUT2D eigenvalue weighted by molar-refractivity contribution is -0.112. The first-order valence-corrected chi connectivity index (χ1v) is 10.1. The van der Waals surface area contributed by atoms with Gasteiger partial charge < -0.3 is 19.7 Å². The maximum absolute atomic E-state index is 12.6. The van der Waals surface area contributed by atoms with Crippen molar-refractivity contribution < 1.29 is 14.3 Å². The molecular formula is C24H29N3O3. The van der Waals surface area contributed by atoms with Crippen molar-refractivity contribution in [2.45, 2.75) is 27.2 Å². The van der Waals surface area contributed by atoms with E-state index < -0.39 is 5.91 Å². The number of amides is 1. The number of nitrogens with zero attached hydrogens (tertiary/aromatic N) is 2. The smallest absolute Gasteiger partial charge is 0.266 e. The molecule has 0 fully saturated rings. The molecule has 0 aliphatic carbocycles. The maximum atomic E-state index is 12.6. The Morgan fingerprint density at radius 1 is 1.10 bits per heavy atom. The highest BCUT2D eigenvalue weighted by atomic mass is 16.5. The molecule has 0 radical (unpaired) electrons. The molecule has 0 saturated heterocycles. The van der Waals surface area contributed by atoms with Gasteiger partial charge in [-0.15, -0.1) is 0 Å². The van der Waals surface area contributed by atoms with Crippen molar-refractivity contribution in [1.82, 2.24) is 0 Å². The number of ether oxygens (including phenoxy) is 2. The zero-order valence-electron chi connectivity index (χ0n) is 18.1. The summed E-state index contributed by atoms with van der Waals surface area (Å²) in [6.45, 7) is 8.63. The van der Waals surface area contributed by atoms with Crippen molar-refractivity contribution >= 4 is 23.4 Å². The van der Waals surface area contributed by atoms with Crippen molar-refractivity contribution in [2.75, 3.05) is 37.0 Å². The maximum Gasteiger partial charge on any atom is 0.266 e. The fourth-order valence-corrected chi connectivity index (χ4v) is 2.96. The summed E-state index contributed by atoms with van der Waals surface area (Å²) in [5, 5.41) is 12.3. The lowest BCUT2D eigenvalue weighted by atomic mass is 10.1. The summed E-state index contributed by atoms with van der Waals surface area (Å²) >= 11 is 0. The first-order valence-electron chi connectivity index (χ1n) is 10.1. The average Bonchev–Trinajstić information content (AvgIpc) is 2.78. The molecular weight excluding hydrogens is 378 g/mol. The van der Waals surface area contributed by atoms with Gasteiger partial charge in [0.05, 0.1) is 13.7 Å². The standard InChI is InChI=1S/C24H29N3O3/c1-5-14-30-22-13-8-18(16-23(22)29-4)15-19(17-25)24(28)26-20-9-11-21(12-10-20)27(6-2)7-3/h8-13,15-16H,5-7,14H2,1-4H3,(H,26,28)/b19-15-. The molecule has 0 heterocycles. The molecule has 0 atom stereocenters. The van der Waals surface area contributed by atoms with Gasteiger partial charge in [0.2, 0.25) is 0 Å². The summed E-state index contributed by atoms with van der Waals surface area (Å²) in [6.07, 6.45) is 2.42. The quantitative estimate of drug-likeness (QED) is 0.449. The fraction of sp³-hybridized carbons (Fsp3) is 0.333. The monoisotopic (exact) mass is 407 g/mol. The molecule has 1 amide bonds. The molecule has 0 spiro atoms. The predicted molar refractivity (Wildman–Crippen MR) is 121 cm³/mol. The van der Waals surface area contributed by atoms with Crippen LogP contribution in [0.3, 0.4) is 0 Å². The van der Waals surface area contributed by atoms with Gasteiger partial charge in [-0.05, 0) is 68.3 Å². The highest BCUT2D eigenvalue weighted by Gasteiger charge is 2.12. The Kier molecular flexibility index (Phi) is 8.76. The van der Waals surface area contributed by atoms with Crippen LogP contribution < -0.4 is 19.7 Å². The SMILES string of the molecule is CCCOc1ccc(/C=C(/C#N)C(=O)Nc2ccc(N(CC)CC)cc2)cc1OC. The lowest BCUT2D eigenvalue weighted by Gasteiger charge is -2.21. The molecule has 2 aromatic rings. The molecule has 2 rings (SSSR count). The highest BCUT2D eigenvalue weighted by molar-refractivity contribution is 6.09. The molecule has 6 heteroatoms. The van der Waals surface area contributed by atoms with Crippen LogP contribution in [0.4, 0.5) is 11.4 Å². The number of hydrogen-bond acceptors (Lipinski definition) is 5. The van der Waals surface area contributed by atoms with Crippen molar-refractivity contribution in [3.05, 3.63) is 53.6 Å². The number of carbonyl (C=O) groups is 1. The van der Waals surface area contributed by atoms with Crippen LogP contribution in [0.25, 0.3) is 6.08 Å². The van der Waals surface area contributed by atoms with Gasteiger partial charge in [0, 0.05) is 24.5 Å². The third-order valence-corrected chi connectivity index (χ3v) is 4.58. The molecule has 6 nitrogen and oxygen atoms in total. The van der Waals surface area contributed by atoms with E-state index in [1.54, 1.807) is 25.3 Å². The van der Waals surface area contributed by atoms with E-state index >= 15 is 0 Å². The number of nitriles is 1. The summed E-state index contributed by atoms with van der Waals surface area (Å²) < 4.78 is 11.0. The molecule has 1 N–H and O–H groups in total. The van der Waals surface area contributed by atoms with Gasteiger partial charge in [-0.25, -0.2) is 0 Å². The van der Waals surface area contributed by atoms with Crippen molar-refractivity contribution in [3.63, 3.8) is 0 Å². The molecule has 158 valence electrons. The molecule has 0 aromatic heterocycles. The number of benzene rings is 2. The van der Waals surface area contributed by atoms with Crippen LogP contribution in [-0.4, -0.2) is 32.7 Å². The lowest BCUT2D eigenvalue weighted by Crippen LogP contribution is -2.21. The summed E-state index contributed by atoms with van der Waals surface area (Å²) in [5.74, 6) is 0.730. The van der Waals surface area contributed by atoms with E-state index in [4.69, 9.17) is 9.47 Å². The minimum Gasteiger partial charge on any atom is -0.493 e. The van der Waals surface area contributed by atoms with E-state index in [9.17, 15) is 10.1 Å². The van der Waals surface area contributed by atoms with E-state index in [2.05, 4.69) is 24.1 Å². The normalized spacial score (nSPS) is 10.8. The molecule has 0 aliphatic heterocycles. The number of hydrogen-bond donors (Lipinski definition) is 1. The third-order valence-electron chi connectivity index (χ3n) is 4.58. The van der Waals surface area contributed by atoms with Gasteiger partial charge in [0.15, 0.2) is 11.5 Å². The largest absolute Gasteiger partial charge is 0.493 e. The molecule has 0 saturated carbocycles. The van der Waals surface area contributed by atoms with Crippen LogP contribution in [0.5, 0.6) is 11.5 Å². The molecule has 0 bridgehead atoms. The first-order chi connectivity index (χ1) is 14.6. The summed E-state index contributed by atoms with van der Waals surface area (Å²) in [4.78, 5) is 14.8. The summed E-state index contributed by atoms with van der Waals surface area (Å²) in [7, 11) is 1.56. The second kappa shape index (κ2) is 11.5. The molecule has 0 aliphatic rings. The number of anilines is 2. The van der Waals surface area contributed by atoms with Gasteiger partial charge in [-0.1, -0.05) is 13.0 Å². The number of methoxy groups -OCH3 is 1. The Labute approximate surface area is 178 Å². The van der Waals surface area contributed by atoms with Crippen molar-refractivity contribution in [1.29, 1.82) is 5.26 Å². The number of rotatable bonds is 10. The van der Waals surface area contributed by atoms with Crippen LogP contribution in [0.2, 0.25) is 0 Å². The van der Waals surface area contributed by atoms with E-state index in [1.165, 1.54) is 6.08 Å². The first kappa shape index (κ1) is 22.8. The van der Waals surface area contributed by atoms with E-state index in [0.717, 1.165) is 25.2 Å². The summed E-state index contributed by atoms with van der Waals surface area (Å²) in [5.41, 5.74) is 2.41. The molecule has 30 heavy (non-hydrogen) atoms. The van der Waals surface area contributed by atoms with Crippen LogP contribution in [-0.2, 0) is 4.79 Å². The number of nitrogens with one attached hydrogen (secondary N) is 1. The van der Waals surface area contributed by atoms with Crippen LogP contribution in [0.1, 0.15) is 32.8 Å². The second-order valence-electron chi connectivity index (χ2n) is 6.60. The zero-order chi connectivity index (χ0) is 21.9. The Bertz CT molecular complexity index is 910. The van der Waals surface area contributed by atoms with Crippen molar-refractivity contribution in [2.24, 2.45) is 0 Å². The van der Waals surface area contributed by atoms with E-state index in [-0.39, 0.29) is 5.57 Å². The minimum atomic E-state index is -0.460. The topological polar surface area (TPSA) is 74.6 Å². The minimum absolute atomic E-state index is 0.00657. The summed E-state index contributed by atoms with van der Waals surface area (Å²) in [6, 6.07) is 14.9. The Balaban J connectivity index is 2.16. The van der Waals surface area contributed by atoms with Crippen LogP contribution >= 0.6 is 0 Å². The Morgan fingerprint density at radius 3 is 2.37 bits per heavy atom. The van der Waals surface area contributed by atoms with Gasteiger partial charge in [0.1, 0.15) is 11.6 Å². The third kappa shape index (κ3) is 6.02. The van der Waals surface area contributed by atoms with Crippen molar-refractivity contribution in [3.8, 4) is 17.6 Å². The van der Waals surface area contributed by atoms with Gasteiger partial charge in [0.25, 0.3) is 5.91 Å². The fourth-order valence-electron chi connectivity index (χ4n) is 2.96. The van der Waals surface area contributed by atoms with Gasteiger partial charge in [-0.2, -0.15) is 5.26 Å². The second-order valence-corrected chi connectivity index (χ2v) is 6.60. The molecule has 2 aromatic carbocycles. The Hall–Kier alpha value is -3.46. The van der Waals surface area contributed by atoms with Gasteiger partial charge in [-0.3, -0.25) is 4.79 Å². The van der Waals surface area contributed by atoms with Crippen LogP contribution in [0, 0.1) is 11.3 Å². The van der Waals surface area contributed by atoms with Gasteiger partial charge >= 0.3 is 0 Å². The number of carbonyl (C=O) groups excluding carboxylic acids is 1. The van der Waals surface area contributed by atoms with E-state index in [0.29, 0.717) is 29.4 Å². The highest BCUT2D eigenvalue weighted by Crippen LogP contribution is 2.29. The zero-order valence-corrected chi connectivity index (χ0v) is 18.1. The van der Waals surface area contributed by atoms with Crippen LogP contribution in [0.15, 0.2) is 48.0 Å². The molecule has 0 unspecified atom stereocenters. The van der Waals surface area contributed by atoms with E-state index in [1.807, 2.05) is 37.3 Å².